The third-order valence-electron chi connectivity index (χ3n) is 5.27. The van der Waals surface area contributed by atoms with E-state index in [4.69, 9.17) is 9.72 Å². The average molecular weight is 421 g/mol. The highest BCUT2D eigenvalue weighted by Crippen LogP contribution is 2.24. The molecule has 1 atom stereocenters. The van der Waals surface area contributed by atoms with E-state index < -0.39 is 0 Å². The number of aryl methyl sites for hydroxylation is 2. The molecule has 1 aliphatic rings. The zero-order valence-electron chi connectivity index (χ0n) is 18.4. The number of aromatic nitrogens is 4. The molecule has 4 rings (SSSR count). The lowest BCUT2D eigenvalue weighted by Gasteiger charge is -2.13. The Bertz CT molecular complexity index is 1090. The first kappa shape index (κ1) is 21.1. The summed E-state index contributed by atoms with van der Waals surface area (Å²) in [5.41, 5.74) is 4.53. The Morgan fingerprint density at radius 3 is 2.74 bits per heavy atom. The maximum absolute atomic E-state index is 11.7. The van der Waals surface area contributed by atoms with E-state index in [0.29, 0.717) is 24.1 Å². The van der Waals surface area contributed by atoms with Crippen LogP contribution in [0.4, 0.5) is 5.82 Å². The molecule has 1 N–H and O–H groups in total. The highest BCUT2D eigenvalue weighted by atomic mass is 16.5. The fourth-order valence-electron chi connectivity index (χ4n) is 3.82. The quantitative estimate of drug-likeness (QED) is 0.660. The second-order valence-electron chi connectivity index (χ2n) is 8.14. The number of ether oxygens (including phenoxy) is 1. The number of likely N-dealkylation sites (tertiary alicyclic amines) is 1. The maximum atomic E-state index is 11.7. The minimum absolute atomic E-state index is 0.187. The smallest absolute Gasteiger partial charge is 0.253 e. The number of rotatable bonds is 6. The molecule has 8 nitrogen and oxygen atoms in total. The number of amides is 1. The van der Waals surface area contributed by atoms with Gasteiger partial charge in [0.2, 0.25) is 5.91 Å². The minimum atomic E-state index is -0.187. The van der Waals surface area contributed by atoms with Gasteiger partial charge in [0.1, 0.15) is 5.82 Å². The molecular weight excluding hydrogens is 392 g/mol. The van der Waals surface area contributed by atoms with Crippen molar-refractivity contribution in [3.05, 3.63) is 53.3 Å². The molecule has 1 aromatic carbocycles. The van der Waals surface area contributed by atoms with Crippen LogP contribution in [-0.2, 0) is 16.1 Å². The van der Waals surface area contributed by atoms with Gasteiger partial charge in [0.05, 0.1) is 24.1 Å². The lowest BCUT2D eigenvalue weighted by molar-refractivity contribution is -0.114. The van der Waals surface area contributed by atoms with Gasteiger partial charge in [-0.3, -0.25) is 4.79 Å². The molecule has 162 valence electrons. The van der Waals surface area contributed by atoms with Crippen LogP contribution >= 0.6 is 0 Å². The molecular formula is C23H28N6O2. The van der Waals surface area contributed by atoms with Gasteiger partial charge in [-0.2, -0.15) is 10.1 Å². The highest BCUT2D eigenvalue weighted by molar-refractivity contribution is 5.88. The number of hydrogen-bond donors (Lipinski definition) is 1. The van der Waals surface area contributed by atoms with Gasteiger partial charge in [0.25, 0.3) is 5.95 Å². The van der Waals surface area contributed by atoms with Crippen LogP contribution in [0, 0.1) is 13.8 Å². The van der Waals surface area contributed by atoms with Gasteiger partial charge in [-0.15, -0.1) is 0 Å². The predicted octanol–water partition coefficient (Wildman–Crippen LogP) is 3.13. The summed E-state index contributed by atoms with van der Waals surface area (Å²) >= 11 is 0. The van der Waals surface area contributed by atoms with Crippen molar-refractivity contribution in [2.24, 2.45) is 0 Å². The summed E-state index contributed by atoms with van der Waals surface area (Å²) < 4.78 is 7.78. The van der Waals surface area contributed by atoms with E-state index in [-0.39, 0.29) is 12.0 Å². The number of likely N-dealkylation sites (N-methyl/N-ethyl adjacent to an activating group) is 1. The molecule has 3 aromatic rings. The molecule has 0 spiro atoms. The van der Waals surface area contributed by atoms with Gasteiger partial charge >= 0.3 is 0 Å². The van der Waals surface area contributed by atoms with Crippen LogP contribution in [0.15, 0.2) is 36.4 Å². The lowest BCUT2D eigenvalue weighted by Crippen LogP contribution is -2.18. The fourth-order valence-corrected chi connectivity index (χ4v) is 3.82. The van der Waals surface area contributed by atoms with Crippen molar-refractivity contribution in [1.82, 2.24) is 24.6 Å². The van der Waals surface area contributed by atoms with Crippen molar-refractivity contribution >= 4 is 11.7 Å². The molecule has 0 radical (unpaired) electrons. The summed E-state index contributed by atoms with van der Waals surface area (Å²) in [6.07, 6.45) is 1.34. The summed E-state index contributed by atoms with van der Waals surface area (Å²) in [6.45, 7) is 7.94. The standard InChI is InChI=1S/C23H28N6O2/c1-15-10-16(2)29(27-15)23-25-21(12-22(26-23)24-17(3)30)19-7-5-6-18(11-19)14-31-20-8-9-28(4)13-20/h5-7,10-12,20H,8-9,13-14H2,1-4H3,(H,24,25,26,30)/t20-/m0/s1. The SMILES string of the molecule is CC(=O)Nc1cc(-c2cccc(CO[C@H]3CCN(C)C3)c2)nc(-n2nc(C)cc2C)n1. The summed E-state index contributed by atoms with van der Waals surface area (Å²) in [7, 11) is 2.12. The van der Waals surface area contributed by atoms with E-state index in [1.807, 2.05) is 32.0 Å². The van der Waals surface area contributed by atoms with Gasteiger partial charge in [-0.25, -0.2) is 9.67 Å². The van der Waals surface area contributed by atoms with E-state index in [9.17, 15) is 4.79 Å². The summed E-state index contributed by atoms with van der Waals surface area (Å²) in [6, 6.07) is 11.9. The van der Waals surface area contributed by atoms with Gasteiger partial charge < -0.3 is 15.0 Å². The molecule has 1 fully saturated rings. The molecule has 31 heavy (non-hydrogen) atoms. The second kappa shape index (κ2) is 8.95. The van der Waals surface area contributed by atoms with Gasteiger partial charge in [-0.1, -0.05) is 18.2 Å². The van der Waals surface area contributed by atoms with Crippen molar-refractivity contribution in [2.45, 2.75) is 39.9 Å². The molecule has 0 unspecified atom stereocenters. The first-order valence-corrected chi connectivity index (χ1v) is 10.5. The third-order valence-corrected chi connectivity index (χ3v) is 5.27. The molecule has 0 aliphatic carbocycles. The molecule has 2 aromatic heterocycles. The van der Waals surface area contributed by atoms with E-state index in [2.05, 4.69) is 39.5 Å². The van der Waals surface area contributed by atoms with Crippen molar-refractivity contribution in [1.29, 1.82) is 0 Å². The Kier molecular flexibility index (Phi) is 6.11. The van der Waals surface area contributed by atoms with Crippen LogP contribution < -0.4 is 5.32 Å². The highest BCUT2D eigenvalue weighted by Gasteiger charge is 2.20. The van der Waals surface area contributed by atoms with E-state index in [1.54, 1.807) is 10.7 Å². The van der Waals surface area contributed by atoms with Crippen molar-refractivity contribution < 1.29 is 9.53 Å². The van der Waals surface area contributed by atoms with Gasteiger partial charge in [0.15, 0.2) is 0 Å². The Morgan fingerprint density at radius 1 is 1.23 bits per heavy atom. The Labute approximate surface area is 182 Å². The molecule has 1 saturated heterocycles. The number of hydrogen-bond acceptors (Lipinski definition) is 6. The monoisotopic (exact) mass is 420 g/mol. The summed E-state index contributed by atoms with van der Waals surface area (Å²) in [5, 5.41) is 7.26. The van der Waals surface area contributed by atoms with Crippen molar-refractivity contribution in [3.8, 4) is 17.2 Å². The van der Waals surface area contributed by atoms with Crippen molar-refractivity contribution in [3.63, 3.8) is 0 Å². The minimum Gasteiger partial charge on any atom is -0.372 e. The number of carbonyl (C=O) groups is 1. The fraction of sp³-hybridized carbons (Fsp3) is 0.391. The van der Waals surface area contributed by atoms with E-state index in [0.717, 1.165) is 42.0 Å². The zero-order chi connectivity index (χ0) is 22.0. The molecule has 3 heterocycles. The average Bonchev–Trinajstić information content (AvgIpc) is 3.30. The Hall–Kier alpha value is -3.10. The maximum Gasteiger partial charge on any atom is 0.253 e. The van der Waals surface area contributed by atoms with Crippen LogP contribution in [0.25, 0.3) is 17.2 Å². The summed E-state index contributed by atoms with van der Waals surface area (Å²) in [4.78, 5) is 23.2. The van der Waals surface area contributed by atoms with Crippen LogP contribution in [-0.4, -0.2) is 56.8 Å². The first-order valence-electron chi connectivity index (χ1n) is 10.5. The predicted molar refractivity (Wildman–Crippen MR) is 119 cm³/mol. The zero-order valence-corrected chi connectivity index (χ0v) is 18.4. The molecule has 0 saturated carbocycles. The number of nitrogens with zero attached hydrogens (tertiary/aromatic N) is 5. The van der Waals surface area contributed by atoms with Crippen LogP contribution in [0.1, 0.15) is 30.3 Å². The van der Waals surface area contributed by atoms with Gasteiger partial charge in [-0.05, 0) is 45.0 Å². The number of anilines is 1. The van der Waals surface area contributed by atoms with E-state index in [1.165, 1.54) is 6.92 Å². The third kappa shape index (κ3) is 5.15. The summed E-state index contributed by atoms with van der Waals surface area (Å²) in [5.74, 6) is 0.672. The number of carbonyl (C=O) groups excluding carboxylic acids is 1. The van der Waals surface area contributed by atoms with Crippen LogP contribution in [0.2, 0.25) is 0 Å². The molecule has 1 aliphatic heterocycles. The Morgan fingerprint density at radius 2 is 2.06 bits per heavy atom. The second-order valence-corrected chi connectivity index (χ2v) is 8.14. The molecule has 0 bridgehead atoms. The van der Waals surface area contributed by atoms with Crippen LogP contribution in [0.3, 0.4) is 0 Å². The molecule has 8 heteroatoms. The molecule has 1 amide bonds. The first-order chi connectivity index (χ1) is 14.9. The van der Waals surface area contributed by atoms with Gasteiger partial charge in [0, 0.05) is 37.3 Å². The van der Waals surface area contributed by atoms with Crippen molar-refractivity contribution in [2.75, 3.05) is 25.5 Å². The number of nitrogens with one attached hydrogen (secondary N) is 1. The Balaban J connectivity index is 1.64. The largest absolute Gasteiger partial charge is 0.372 e. The van der Waals surface area contributed by atoms with E-state index >= 15 is 0 Å². The number of benzene rings is 1. The lowest BCUT2D eigenvalue weighted by atomic mass is 10.1. The van der Waals surface area contributed by atoms with Crippen LogP contribution in [0.5, 0.6) is 0 Å². The topological polar surface area (TPSA) is 85.2 Å². The normalized spacial score (nSPS) is 16.6.